The van der Waals surface area contributed by atoms with Crippen LogP contribution < -0.4 is 5.73 Å². The number of benzene rings is 1. The maximum atomic E-state index is 5.71. The van der Waals surface area contributed by atoms with E-state index in [2.05, 4.69) is 13.5 Å². The van der Waals surface area contributed by atoms with E-state index in [1.807, 2.05) is 25.1 Å². The van der Waals surface area contributed by atoms with E-state index in [1.165, 1.54) is 5.56 Å². The Bertz CT molecular complexity index is 287. The van der Waals surface area contributed by atoms with Crippen molar-refractivity contribution < 1.29 is 0 Å². The first-order valence-corrected chi connectivity index (χ1v) is 3.65. The van der Waals surface area contributed by atoms with E-state index >= 15 is 0 Å². The first-order chi connectivity index (χ1) is 5.16. The lowest BCUT2D eigenvalue weighted by molar-refractivity contribution is 1.33. The molecule has 11 heavy (non-hydrogen) atoms. The van der Waals surface area contributed by atoms with Gasteiger partial charge in [-0.05, 0) is 36.6 Å². The molecule has 0 atom stereocenters. The highest BCUT2D eigenvalue weighted by Gasteiger charge is 1.99. The van der Waals surface area contributed by atoms with Crippen molar-refractivity contribution in [1.82, 2.24) is 0 Å². The zero-order valence-electron chi connectivity index (χ0n) is 7.02. The molecule has 1 aromatic rings. The molecule has 1 nitrogen and oxygen atoms in total. The second-order valence-electron chi connectivity index (χ2n) is 2.70. The molecule has 58 valence electrons. The van der Waals surface area contributed by atoms with Crippen molar-refractivity contribution in [2.75, 3.05) is 5.73 Å². The van der Waals surface area contributed by atoms with Crippen LogP contribution in [0.25, 0.3) is 6.08 Å². The third-order valence-corrected chi connectivity index (χ3v) is 2.09. The Morgan fingerprint density at radius 2 is 1.91 bits per heavy atom. The van der Waals surface area contributed by atoms with Crippen LogP contribution in [-0.2, 0) is 0 Å². The van der Waals surface area contributed by atoms with Gasteiger partial charge in [-0.3, -0.25) is 0 Å². The summed E-state index contributed by atoms with van der Waals surface area (Å²) in [6.07, 6.45) is 1.85. The molecule has 0 heterocycles. The quantitative estimate of drug-likeness (QED) is 0.607. The number of nitrogens with two attached hydrogens (primary N) is 1. The summed E-state index contributed by atoms with van der Waals surface area (Å²) >= 11 is 0. The van der Waals surface area contributed by atoms with Gasteiger partial charge < -0.3 is 5.73 Å². The number of hydrogen-bond donors (Lipinski definition) is 1. The molecule has 1 heteroatoms. The van der Waals surface area contributed by atoms with Gasteiger partial charge in [0.25, 0.3) is 0 Å². The fourth-order valence-electron chi connectivity index (χ4n) is 1.08. The molecule has 0 aliphatic heterocycles. The van der Waals surface area contributed by atoms with Crippen LogP contribution in [-0.4, -0.2) is 0 Å². The zero-order valence-corrected chi connectivity index (χ0v) is 7.02. The van der Waals surface area contributed by atoms with Gasteiger partial charge in [0, 0.05) is 5.69 Å². The van der Waals surface area contributed by atoms with Crippen molar-refractivity contribution in [2.24, 2.45) is 0 Å². The third kappa shape index (κ3) is 1.27. The highest BCUT2D eigenvalue weighted by molar-refractivity contribution is 5.61. The van der Waals surface area contributed by atoms with Crippen LogP contribution in [0.1, 0.15) is 16.7 Å². The summed E-state index contributed by atoms with van der Waals surface area (Å²) < 4.78 is 0. The summed E-state index contributed by atoms with van der Waals surface area (Å²) in [6.45, 7) is 7.81. The minimum absolute atomic E-state index is 0.855. The lowest BCUT2D eigenvalue weighted by atomic mass is 10.0. The maximum Gasteiger partial charge on any atom is 0.0346 e. The van der Waals surface area contributed by atoms with Gasteiger partial charge in [0.2, 0.25) is 0 Å². The molecule has 0 saturated carbocycles. The number of anilines is 1. The average molecular weight is 147 g/mol. The number of hydrogen-bond acceptors (Lipinski definition) is 1. The maximum absolute atomic E-state index is 5.71. The monoisotopic (exact) mass is 147 g/mol. The second-order valence-corrected chi connectivity index (χ2v) is 2.70. The lowest BCUT2D eigenvalue weighted by Gasteiger charge is -2.06. The van der Waals surface area contributed by atoms with Crippen LogP contribution in [0.5, 0.6) is 0 Å². The Kier molecular flexibility index (Phi) is 1.99. The molecular weight excluding hydrogens is 134 g/mol. The third-order valence-electron chi connectivity index (χ3n) is 2.09. The van der Waals surface area contributed by atoms with Gasteiger partial charge in [-0.1, -0.05) is 18.7 Å². The standard InChI is InChI=1S/C10H13N/c1-4-9-5-6-10(11)8(3)7(9)2/h4-6H,1,11H2,2-3H3. The van der Waals surface area contributed by atoms with Crippen molar-refractivity contribution in [3.05, 3.63) is 35.4 Å². The van der Waals surface area contributed by atoms with Gasteiger partial charge in [-0.15, -0.1) is 0 Å². The molecule has 2 N–H and O–H groups in total. The smallest absolute Gasteiger partial charge is 0.0346 e. The van der Waals surface area contributed by atoms with Crippen LogP contribution in [0, 0.1) is 13.8 Å². The Labute approximate surface area is 67.5 Å². The molecule has 0 aliphatic carbocycles. The molecule has 0 saturated heterocycles. The van der Waals surface area contributed by atoms with Crippen LogP contribution >= 0.6 is 0 Å². The largest absolute Gasteiger partial charge is 0.399 e. The minimum Gasteiger partial charge on any atom is -0.399 e. The van der Waals surface area contributed by atoms with Crippen LogP contribution in [0.15, 0.2) is 18.7 Å². The highest BCUT2D eigenvalue weighted by Crippen LogP contribution is 2.19. The van der Waals surface area contributed by atoms with Gasteiger partial charge in [0.05, 0.1) is 0 Å². The summed E-state index contributed by atoms with van der Waals surface area (Å²) in [5.41, 5.74) is 10.1. The van der Waals surface area contributed by atoms with E-state index in [0.29, 0.717) is 0 Å². The van der Waals surface area contributed by atoms with Crippen molar-refractivity contribution in [2.45, 2.75) is 13.8 Å². The topological polar surface area (TPSA) is 26.0 Å². The van der Waals surface area contributed by atoms with Gasteiger partial charge in [0.15, 0.2) is 0 Å². The van der Waals surface area contributed by atoms with Crippen molar-refractivity contribution in [3.8, 4) is 0 Å². The molecule has 0 unspecified atom stereocenters. The molecule has 0 bridgehead atoms. The fraction of sp³-hybridized carbons (Fsp3) is 0.200. The van der Waals surface area contributed by atoms with E-state index in [9.17, 15) is 0 Å². The van der Waals surface area contributed by atoms with Gasteiger partial charge in [-0.25, -0.2) is 0 Å². The number of rotatable bonds is 1. The summed E-state index contributed by atoms with van der Waals surface area (Å²) in [7, 11) is 0. The molecule has 1 aromatic carbocycles. The SMILES string of the molecule is C=Cc1ccc(N)c(C)c1C. The normalized spacial score (nSPS) is 9.64. The first-order valence-electron chi connectivity index (χ1n) is 3.65. The Morgan fingerprint density at radius 3 is 2.45 bits per heavy atom. The zero-order chi connectivity index (χ0) is 8.43. The predicted octanol–water partition coefficient (Wildman–Crippen LogP) is 2.53. The highest BCUT2D eigenvalue weighted by atomic mass is 14.6. The van der Waals surface area contributed by atoms with Gasteiger partial charge in [0.1, 0.15) is 0 Å². The van der Waals surface area contributed by atoms with Crippen LogP contribution in [0.4, 0.5) is 5.69 Å². The lowest BCUT2D eigenvalue weighted by Crippen LogP contribution is -1.93. The van der Waals surface area contributed by atoms with E-state index in [-0.39, 0.29) is 0 Å². The Morgan fingerprint density at radius 1 is 1.27 bits per heavy atom. The molecule has 0 radical (unpaired) electrons. The molecule has 0 amide bonds. The van der Waals surface area contributed by atoms with Crippen LogP contribution in [0.2, 0.25) is 0 Å². The molecule has 0 aromatic heterocycles. The summed E-state index contributed by atoms with van der Waals surface area (Å²) in [5, 5.41) is 0. The van der Waals surface area contributed by atoms with Gasteiger partial charge in [-0.2, -0.15) is 0 Å². The van der Waals surface area contributed by atoms with Gasteiger partial charge >= 0.3 is 0 Å². The molecule has 1 rings (SSSR count). The van der Waals surface area contributed by atoms with Crippen molar-refractivity contribution in [1.29, 1.82) is 0 Å². The second kappa shape index (κ2) is 2.79. The van der Waals surface area contributed by atoms with E-state index in [1.54, 1.807) is 0 Å². The molecule has 0 fully saturated rings. The molecular formula is C10H13N. The van der Waals surface area contributed by atoms with E-state index in [4.69, 9.17) is 5.73 Å². The van der Waals surface area contributed by atoms with E-state index in [0.717, 1.165) is 16.8 Å². The number of nitrogen functional groups attached to an aromatic ring is 1. The van der Waals surface area contributed by atoms with Crippen molar-refractivity contribution >= 4 is 11.8 Å². The van der Waals surface area contributed by atoms with Crippen LogP contribution in [0.3, 0.4) is 0 Å². The van der Waals surface area contributed by atoms with Crippen molar-refractivity contribution in [3.63, 3.8) is 0 Å². The summed E-state index contributed by atoms with van der Waals surface area (Å²) in [4.78, 5) is 0. The van der Waals surface area contributed by atoms with E-state index < -0.39 is 0 Å². The fourth-order valence-corrected chi connectivity index (χ4v) is 1.08. The Balaban J connectivity index is 3.36. The minimum atomic E-state index is 0.855. The predicted molar refractivity (Wildman–Crippen MR) is 50.4 cm³/mol. The molecule has 0 spiro atoms. The molecule has 0 aliphatic rings. The summed E-state index contributed by atoms with van der Waals surface area (Å²) in [6, 6.07) is 3.91. The first kappa shape index (κ1) is 7.86. The summed E-state index contributed by atoms with van der Waals surface area (Å²) in [5.74, 6) is 0. The Hall–Kier alpha value is -1.24. The average Bonchev–Trinajstić information content (AvgIpc) is 2.01.